The van der Waals surface area contributed by atoms with Crippen LogP contribution >= 0.6 is 0 Å². The highest BCUT2D eigenvalue weighted by Crippen LogP contribution is 2.34. The Morgan fingerprint density at radius 3 is 2.58 bits per heavy atom. The zero-order chi connectivity index (χ0) is 18.7. The van der Waals surface area contributed by atoms with Gasteiger partial charge in [-0.15, -0.1) is 0 Å². The van der Waals surface area contributed by atoms with Gasteiger partial charge < -0.3 is 14.8 Å². The summed E-state index contributed by atoms with van der Waals surface area (Å²) >= 11 is 0. The summed E-state index contributed by atoms with van der Waals surface area (Å²) in [6.07, 6.45) is 0.840. The van der Waals surface area contributed by atoms with Crippen LogP contribution in [0, 0.1) is 5.92 Å². The van der Waals surface area contributed by atoms with Gasteiger partial charge in [0, 0.05) is 19.5 Å². The minimum Gasteiger partial charge on any atom is -0.490 e. The average molecular weight is 357 g/mol. The molecule has 1 atom stereocenters. The lowest BCUT2D eigenvalue weighted by atomic mass is 9.95. The van der Waals surface area contributed by atoms with E-state index in [4.69, 9.17) is 9.47 Å². The molecule has 1 aromatic heterocycles. The zero-order valence-corrected chi connectivity index (χ0v) is 15.2. The molecule has 7 nitrogen and oxygen atoms in total. The van der Waals surface area contributed by atoms with Crippen molar-refractivity contribution in [3.05, 3.63) is 51.9 Å². The van der Waals surface area contributed by atoms with E-state index in [2.05, 4.69) is 10.4 Å². The van der Waals surface area contributed by atoms with Gasteiger partial charge in [-0.25, -0.2) is 4.68 Å². The van der Waals surface area contributed by atoms with Crippen LogP contribution in [0.25, 0.3) is 0 Å². The van der Waals surface area contributed by atoms with E-state index < -0.39 is 0 Å². The number of aryl methyl sites for hydroxylation is 1. The van der Waals surface area contributed by atoms with Gasteiger partial charge in [-0.1, -0.05) is 19.9 Å². The van der Waals surface area contributed by atoms with Gasteiger partial charge in [0.1, 0.15) is 5.69 Å². The molecule has 1 amide bonds. The Hall–Kier alpha value is -2.83. The van der Waals surface area contributed by atoms with Gasteiger partial charge in [0.15, 0.2) is 11.5 Å². The third-order valence-electron chi connectivity index (χ3n) is 4.28. The van der Waals surface area contributed by atoms with E-state index in [0.717, 1.165) is 22.4 Å². The number of nitrogens with zero attached hydrogens (tertiary/aromatic N) is 2. The standard InChI is InChI=1S/C19H23N3O4/c1-12(2)18(20-19(24)14-6-8-17(23)22(3)21-14)13-5-7-15-16(11-13)26-10-4-9-25-15/h5-8,11-12,18H,4,9-10H2,1-3H3,(H,20,24). The SMILES string of the molecule is CC(C)C(NC(=O)c1ccc(=O)n(C)n1)c1ccc2c(c1)OCCCO2. The molecule has 0 bridgehead atoms. The Morgan fingerprint density at radius 2 is 1.88 bits per heavy atom. The van der Waals surface area contributed by atoms with Gasteiger partial charge in [0.2, 0.25) is 0 Å². The smallest absolute Gasteiger partial charge is 0.272 e. The molecule has 0 spiro atoms. The molecule has 0 aliphatic carbocycles. The monoisotopic (exact) mass is 357 g/mol. The first-order chi connectivity index (χ1) is 12.5. The number of amides is 1. The molecule has 138 valence electrons. The lowest BCUT2D eigenvalue weighted by Gasteiger charge is -2.23. The normalized spacial score (nSPS) is 14.6. The number of nitrogens with one attached hydrogen (secondary N) is 1. The van der Waals surface area contributed by atoms with E-state index in [1.807, 2.05) is 32.0 Å². The van der Waals surface area contributed by atoms with E-state index in [-0.39, 0.29) is 29.1 Å². The van der Waals surface area contributed by atoms with E-state index >= 15 is 0 Å². The molecule has 1 aliphatic heterocycles. The molecule has 1 aromatic carbocycles. The number of carbonyl (C=O) groups is 1. The fraction of sp³-hybridized carbons (Fsp3) is 0.421. The number of ether oxygens (including phenoxy) is 2. The van der Waals surface area contributed by atoms with Crippen molar-refractivity contribution in [3.8, 4) is 11.5 Å². The average Bonchev–Trinajstić information content (AvgIpc) is 2.86. The Bertz CT molecular complexity index is 860. The Labute approximate surface area is 151 Å². The second-order valence-corrected chi connectivity index (χ2v) is 6.63. The highest BCUT2D eigenvalue weighted by atomic mass is 16.5. The summed E-state index contributed by atoms with van der Waals surface area (Å²) in [5.41, 5.74) is 0.874. The minimum absolute atomic E-state index is 0.149. The number of carbonyl (C=O) groups excluding carboxylic acids is 1. The van der Waals surface area contributed by atoms with Gasteiger partial charge in [-0.05, 0) is 29.7 Å². The van der Waals surface area contributed by atoms with Gasteiger partial charge >= 0.3 is 0 Å². The lowest BCUT2D eigenvalue weighted by molar-refractivity contribution is 0.0918. The van der Waals surface area contributed by atoms with Crippen molar-refractivity contribution in [1.29, 1.82) is 0 Å². The van der Waals surface area contributed by atoms with E-state index in [9.17, 15) is 9.59 Å². The quantitative estimate of drug-likeness (QED) is 0.906. The summed E-state index contributed by atoms with van der Waals surface area (Å²) in [5.74, 6) is 1.24. The number of aromatic nitrogens is 2. The van der Waals surface area contributed by atoms with Gasteiger partial charge in [-0.3, -0.25) is 9.59 Å². The number of hydrogen-bond acceptors (Lipinski definition) is 5. The minimum atomic E-state index is -0.327. The van der Waals surface area contributed by atoms with Crippen LogP contribution in [0.4, 0.5) is 0 Å². The van der Waals surface area contributed by atoms with Crippen molar-refractivity contribution in [1.82, 2.24) is 15.1 Å². The molecule has 0 saturated heterocycles. The largest absolute Gasteiger partial charge is 0.490 e. The molecule has 0 radical (unpaired) electrons. The molecule has 0 fully saturated rings. The van der Waals surface area contributed by atoms with Crippen molar-refractivity contribution < 1.29 is 14.3 Å². The first kappa shape index (κ1) is 18.0. The number of benzene rings is 1. The molecule has 2 aromatic rings. The summed E-state index contributed by atoms with van der Waals surface area (Å²) in [5, 5.41) is 7.01. The van der Waals surface area contributed by atoms with Crippen molar-refractivity contribution in [2.45, 2.75) is 26.3 Å². The molecule has 3 rings (SSSR count). The van der Waals surface area contributed by atoms with E-state index in [1.54, 1.807) is 0 Å². The second kappa shape index (κ2) is 7.59. The Morgan fingerprint density at radius 1 is 1.15 bits per heavy atom. The van der Waals surface area contributed by atoms with Crippen LogP contribution in [0.1, 0.15) is 42.4 Å². The van der Waals surface area contributed by atoms with Crippen LogP contribution in [-0.4, -0.2) is 28.9 Å². The van der Waals surface area contributed by atoms with Crippen molar-refractivity contribution in [2.24, 2.45) is 13.0 Å². The third kappa shape index (κ3) is 3.87. The van der Waals surface area contributed by atoms with Gasteiger partial charge in [-0.2, -0.15) is 5.10 Å². The fourth-order valence-electron chi connectivity index (χ4n) is 2.85. The maximum atomic E-state index is 12.6. The van der Waals surface area contributed by atoms with Crippen LogP contribution in [0.15, 0.2) is 35.1 Å². The summed E-state index contributed by atoms with van der Waals surface area (Å²) in [6.45, 7) is 5.30. The Balaban J connectivity index is 1.85. The number of rotatable bonds is 4. The molecule has 1 N–H and O–H groups in total. The molecule has 7 heteroatoms. The zero-order valence-electron chi connectivity index (χ0n) is 15.2. The number of fused-ring (bicyclic) bond motifs is 1. The van der Waals surface area contributed by atoms with E-state index in [1.165, 1.54) is 19.2 Å². The first-order valence-corrected chi connectivity index (χ1v) is 8.70. The van der Waals surface area contributed by atoms with Crippen molar-refractivity contribution >= 4 is 5.91 Å². The molecule has 2 heterocycles. The third-order valence-corrected chi connectivity index (χ3v) is 4.28. The maximum absolute atomic E-state index is 12.6. The molecular formula is C19H23N3O4. The Kier molecular flexibility index (Phi) is 5.25. The molecule has 1 aliphatic rings. The molecular weight excluding hydrogens is 334 g/mol. The van der Waals surface area contributed by atoms with Gasteiger partial charge in [0.25, 0.3) is 11.5 Å². The second-order valence-electron chi connectivity index (χ2n) is 6.63. The summed E-state index contributed by atoms with van der Waals surface area (Å²) in [4.78, 5) is 24.0. The summed E-state index contributed by atoms with van der Waals surface area (Å²) in [6, 6.07) is 8.27. The highest BCUT2D eigenvalue weighted by molar-refractivity contribution is 5.92. The van der Waals surface area contributed by atoms with Crippen LogP contribution in [0.5, 0.6) is 11.5 Å². The summed E-state index contributed by atoms with van der Waals surface area (Å²) in [7, 11) is 1.52. The lowest BCUT2D eigenvalue weighted by Crippen LogP contribution is -2.33. The molecule has 26 heavy (non-hydrogen) atoms. The van der Waals surface area contributed by atoms with Gasteiger partial charge in [0.05, 0.1) is 19.3 Å². The molecule has 1 unspecified atom stereocenters. The van der Waals surface area contributed by atoms with Crippen LogP contribution in [0.2, 0.25) is 0 Å². The van der Waals surface area contributed by atoms with Crippen LogP contribution in [0.3, 0.4) is 0 Å². The molecule has 0 saturated carbocycles. The first-order valence-electron chi connectivity index (χ1n) is 8.70. The predicted octanol–water partition coefficient (Wildman–Crippen LogP) is 2.07. The van der Waals surface area contributed by atoms with Crippen molar-refractivity contribution in [2.75, 3.05) is 13.2 Å². The predicted molar refractivity (Wildman–Crippen MR) is 96.6 cm³/mol. The highest BCUT2D eigenvalue weighted by Gasteiger charge is 2.22. The fourth-order valence-corrected chi connectivity index (χ4v) is 2.85. The summed E-state index contributed by atoms with van der Waals surface area (Å²) < 4.78 is 12.6. The maximum Gasteiger partial charge on any atom is 0.272 e. The van der Waals surface area contributed by atoms with Crippen LogP contribution in [-0.2, 0) is 7.05 Å². The topological polar surface area (TPSA) is 82.5 Å². The van der Waals surface area contributed by atoms with Crippen LogP contribution < -0.4 is 20.3 Å². The van der Waals surface area contributed by atoms with Crippen molar-refractivity contribution in [3.63, 3.8) is 0 Å². The number of hydrogen-bond donors (Lipinski definition) is 1. The van der Waals surface area contributed by atoms with E-state index in [0.29, 0.717) is 19.0 Å².